The molecule has 0 radical (unpaired) electrons. The van der Waals surface area contributed by atoms with Crippen LogP contribution in [0.25, 0.3) is 0 Å². The minimum atomic E-state index is -1.02. The summed E-state index contributed by atoms with van der Waals surface area (Å²) < 4.78 is 13.6. The second-order valence-electron chi connectivity index (χ2n) is 4.02. The Kier molecular flexibility index (Phi) is 4.75. The third kappa shape index (κ3) is 3.09. The molecule has 2 rings (SSSR count). The number of carboxylic acid groups (broad SMARTS) is 1. The molecule has 0 unspecified atom stereocenters. The molecule has 0 amide bonds. The second-order valence-corrected chi connectivity index (χ2v) is 4.02. The Morgan fingerprint density at radius 3 is 2.47 bits per heavy atom. The van der Waals surface area contributed by atoms with E-state index in [1.54, 1.807) is 0 Å². The van der Waals surface area contributed by atoms with Crippen LogP contribution in [0.15, 0.2) is 18.2 Å². The summed E-state index contributed by atoms with van der Waals surface area (Å²) in [6.07, 6.45) is 3.24. The number of aromatic carboxylic acids is 1. The van der Waals surface area contributed by atoms with Crippen LogP contribution in [-0.4, -0.2) is 24.2 Å². The van der Waals surface area contributed by atoms with Gasteiger partial charge in [0.05, 0.1) is 11.3 Å². The summed E-state index contributed by atoms with van der Waals surface area (Å²) in [7, 11) is 0. The fourth-order valence-corrected chi connectivity index (χ4v) is 2.02. The SMILES string of the molecule is Cl.O=C(O)c1ccc(F)c(N2CCCCC2)c1. The number of halogens is 2. The van der Waals surface area contributed by atoms with Crippen molar-refractivity contribution in [2.24, 2.45) is 0 Å². The van der Waals surface area contributed by atoms with Crippen molar-refractivity contribution in [1.82, 2.24) is 0 Å². The van der Waals surface area contributed by atoms with Crippen LogP contribution >= 0.6 is 12.4 Å². The molecule has 0 spiro atoms. The lowest BCUT2D eigenvalue weighted by Crippen LogP contribution is -2.30. The lowest BCUT2D eigenvalue weighted by molar-refractivity contribution is 0.0697. The minimum Gasteiger partial charge on any atom is -0.478 e. The fraction of sp³-hybridized carbons (Fsp3) is 0.417. The maximum absolute atomic E-state index is 13.6. The summed E-state index contributed by atoms with van der Waals surface area (Å²) in [6.45, 7) is 1.61. The molecule has 0 atom stereocenters. The molecule has 0 bridgehead atoms. The Labute approximate surface area is 106 Å². The van der Waals surface area contributed by atoms with Crippen molar-refractivity contribution < 1.29 is 14.3 Å². The number of hydrogen-bond acceptors (Lipinski definition) is 2. The molecule has 1 aliphatic heterocycles. The third-order valence-electron chi connectivity index (χ3n) is 2.89. The maximum Gasteiger partial charge on any atom is 0.335 e. The molecule has 3 nitrogen and oxygen atoms in total. The molecule has 1 aromatic rings. The average molecular weight is 260 g/mol. The molecule has 5 heteroatoms. The van der Waals surface area contributed by atoms with Gasteiger partial charge in [-0.3, -0.25) is 0 Å². The highest BCUT2D eigenvalue weighted by Crippen LogP contribution is 2.24. The van der Waals surface area contributed by atoms with E-state index in [-0.39, 0.29) is 23.8 Å². The van der Waals surface area contributed by atoms with Gasteiger partial charge >= 0.3 is 5.97 Å². The molecule has 1 fully saturated rings. The summed E-state index contributed by atoms with van der Waals surface area (Å²) in [6, 6.07) is 3.95. The Morgan fingerprint density at radius 2 is 1.88 bits per heavy atom. The van der Waals surface area contributed by atoms with Gasteiger partial charge in [-0.25, -0.2) is 9.18 Å². The van der Waals surface area contributed by atoms with Crippen molar-refractivity contribution >= 4 is 24.1 Å². The average Bonchev–Trinajstić information content (AvgIpc) is 2.30. The van der Waals surface area contributed by atoms with Crippen molar-refractivity contribution in [3.05, 3.63) is 29.6 Å². The molecule has 94 valence electrons. The van der Waals surface area contributed by atoms with E-state index >= 15 is 0 Å². The number of rotatable bonds is 2. The van der Waals surface area contributed by atoms with Gasteiger partial charge in [0.15, 0.2) is 0 Å². The molecular formula is C12H15ClFNO2. The zero-order chi connectivity index (χ0) is 11.5. The van der Waals surface area contributed by atoms with Gasteiger partial charge in [0, 0.05) is 13.1 Å². The van der Waals surface area contributed by atoms with E-state index in [9.17, 15) is 9.18 Å². The minimum absolute atomic E-state index is 0. The second kappa shape index (κ2) is 5.87. The van der Waals surface area contributed by atoms with Gasteiger partial charge in [0.2, 0.25) is 0 Å². The smallest absolute Gasteiger partial charge is 0.335 e. The molecule has 1 heterocycles. The van der Waals surface area contributed by atoms with Crippen LogP contribution in [0, 0.1) is 5.82 Å². The van der Waals surface area contributed by atoms with Crippen LogP contribution in [0.5, 0.6) is 0 Å². The highest BCUT2D eigenvalue weighted by atomic mass is 35.5. The van der Waals surface area contributed by atoms with Crippen LogP contribution in [0.3, 0.4) is 0 Å². The molecule has 1 saturated heterocycles. The van der Waals surface area contributed by atoms with Gasteiger partial charge in [-0.05, 0) is 37.5 Å². The Bertz CT molecular complexity index is 405. The Hall–Kier alpha value is -1.29. The van der Waals surface area contributed by atoms with Crippen LogP contribution in [0.1, 0.15) is 29.6 Å². The molecule has 0 aromatic heterocycles. The number of nitrogens with zero attached hydrogens (tertiary/aromatic N) is 1. The van der Waals surface area contributed by atoms with Crippen molar-refractivity contribution in [2.75, 3.05) is 18.0 Å². The van der Waals surface area contributed by atoms with Crippen molar-refractivity contribution in [1.29, 1.82) is 0 Å². The first-order valence-electron chi connectivity index (χ1n) is 5.46. The van der Waals surface area contributed by atoms with Gasteiger partial charge in [-0.15, -0.1) is 12.4 Å². The molecular weight excluding hydrogens is 245 g/mol. The predicted octanol–water partition coefficient (Wildman–Crippen LogP) is 2.94. The van der Waals surface area contributed by atoms with Gasteiger partial charge in [0.25, 0.3) is 0 Å². The third-order valence-corrected chi connectivity index (χ3v) is 2.89. The number of hydrogen-bond donors (Lipinski definition) is 1. The highest BCUT2D eigenvalue weighted by Gasteiger charge is 2.16. The summed E-state index contributed by atoms with van der Waals surface area (Å²) >= 11 is 0. The van der Waals surface area contributed by atoms with E-state index in [1.165, 1.54) is 18.2 Å². The highest BCUT2D eigenvalue weighted by molar-refractivity contribution is 5.88. The molecule has 1 aliphatic rings. The van der Waals surface area contributed by atoms with Gasteiger partial charge < -0.3 is 10.0 Å². The molecule has 0 saturated carbocycles. The molecule has 1 aromatic carbocycles. The summed E-state index contributed by atoms with van der Waals surface area (Å²) in [5.41, 5.74) is 0.557. The standard InChI is InChI=1S/C12H14FNO2.ClH/c13-10-5-4-9(12(15)16)8-11(10)14-6-2-1-3-7-14;/h4-5,8H,1-3,6-7H2,(H,15,16);1H. The lowest BCUT2D eigenvalue weighted by atomic mass is 10.1. The van der Waals surface area contributed by atoms with E-state index in [4.69, 9.17) is 5.11 Å². The van der Waals surface area contributed by atoms with E-state index in [1.807, 2.05) is 4.90 Å². The number of carbonyl (C=O) groups is 1. The Morgan fingerprint density at radius 1 is 1.24 bits per heavy atom. The quantitative estimate of drug-likeness (QED) is 0.888. The number of carboxylic acids is 1. The number of piperidine rings is 1. The zero-order valence-corrected chi connectivity index (χ0v) is 10.2. The first-order valence-corrected chi connectivity index (χ1v) is 5.46. The van der Waals surface area contributed by atoms with Crippen LogP contribution in [0.2, 0.25) is 0 Å². The maximum atomic E-state index is 13.6. The van der Waals surface area contributed by atoms with Gasteiger partial charge in [-0.1, -0.05) is 0 Å². The van der Waals surface area contributed by atoms with E-state index in [0.29, 0.717) is 5.69 Å². The normalized spacial score (nSPS) is 15.2. The zero-order valence-electron chi connectivity index (χ0n) is 9.36. The summed E-state index contributed by atoms with van der Waals surface area (Å²) in [5.74, 6) is -1.36. The van der Waals surface area contributed by atoms with E-state index in [0.717, 1.165) is 32.4 Å². The lowest BCUT2D eigenvalue weighted by Gasteiger charge is -2.29. The van der Waals surface area contributed by atoms with Crippen LogP contribution in [-0.2, 0) is 0 Å². The van der Waals surface area contributed by atoms with Crippen LogP contribution in [0.4, 0.5) is 10.1 Å². The van der Waals surface area contributed by atoms with Crippen LogP contribution < -0.4 is 4.90 Å². The summed E-state index contributed by atoms with van der Waals surface area (Å²) in [5, 5.41) is 8.86. The largest absolute Gasteiger partial charge is 0.478 e. The van der Waals surface area contributed by atoms with Crippen molar-refractivity contribution in [3.8, 4) is 0 Å². The fourth-order valence-electron chi connectivity index (χ4n) is 2.02. The Balaban J connectivity index is 0.00000144. The van der Waals surface area contributed by atoms with E-state index in [2.05, 4.69) is 0 Å². The first kappa shape index (κ1) is 13.8. The van der Waals surface area contributed by atoms with Gasteiger partial charge in [0.1, 0.15) is 5.82 Å². The van der Waals surface area contributed by atoms with Gasteiger partial charge in [-0.2, -0.15) is 0 Å². The molecule has 0 aliphatic carbocycles. The number of anilines is 1. The monoisotopic (exact) mass is 259 g/mol. The summed E-state index contributed by atoms with van der Waals surface area (Å²) in [4.78, 5) is 12.7. The van der Waals surface area contributed by atoms with E-state index < -0.39 is 5.97 Å². The first-order chi connectivity index (χ1) is 7.68. The topological polar surface area (TPSA) is 40.5 Å². The van der Waals surface area contributed by atoms with Crippen molar-refractivity contribution in [2.45, 2.75) is 19.3 Å². The molecule has 17 heavy (non-hydrogen) atoms. The molecule has 1 N–H and O–H groups in total. The van der Waals surface area contributed by atoms with Crippen molar-refractivity contribution in [3.63, 3.8) is 0 Å². The number of benzene rings is 1. The predicted molar refractivity (Wildman–Crippen MR) is 66.7 cm³/mol.